The van der Waals surface area contributed by atoms with E-state index in [0.29, 0.717) is 6.29 Å². The molecule has 1 heterocycles. The normalized spacial score (nSPS) is 10.2. The van der Waals surface area contributed by atoms with Crippen molar-refractivity contribution in [1.29, 1.82) is 0 Å². The van der Waals surface area contributed by atoms with Crippen molar-refractivity contribution < 1.29 is 6.17 Å². The van der Waals surface area contributed by atoms with Gasteiger partial charge < -0.3 is 0 Å². The van der Waals surface area contributed by atoms with E-state index in [4.69, 9.17) is 1.37 Å². The monoisotopic (exact) mass is 109 g/mol. The predicted molar refractivity (Wildman–Crippen MR) is 27.4 cm³/mol. The van der Waals surface area contributed by atoms with Gasteiger partial charge in [0, 0.05) is 12.4 Å². The molecule has 3 heteroatoms. The van der Waals surface area contributed by atoms with Gasteiger partial charge in [-0.1, -0.05) is 0 Å². The predicted octanol–water partition coefficient (Wildman–Crippen LogP) is 0.289. The Morgan fingerprint density at radius 1 is 1.88 bits per heavy atom. The van der Waals surface area contributed by atoms with Gasteiger partial charge in [-0.3, -0.25) is 14.8 Å². The van der Waals surface area contributed by atoms with Gasteiger partial charge in [-0.05, 0) is 0 Å². The molecule has 40 valence electrons. The summed E-state index contributed by atoms with van der Waals surface area (Å²) in [5, 5.41) is 0. The number of aromatic nitrogens is 2. The summed E-state index contributed by atoms with van der Waals surface area (Å²) in [6, 6.07) is 0. The number of rotatable bonds is 1. The van der Waals surface area contributed by atoms with Crippen molar-refractivity contribution in [1.82, 2.24) is 9.97 Å². The van der Waals surface area contributed by atoms with Gasteiger partial charge in [0.05, 0.1) is 7.57 Å². The van der Waals surface area contributed by atoms with E-state index in [1.165, 1.54) is 12.4 Å². The van der Waals surface area contributed by atoms with Gasteiger partial charge in [0.2, 0.25) is 0 Å². The fourth-order valence-corrected chi connectivity index (χ4v) is 0.334. The minimum atomic E-state index is 0.0700. The molecule has 0 aromatic carbocycles. The van der Waals surface area contributed by atoms with Crippen molar-refractivity contribution in [2.24, 2.45) is 0 Å². The standard InChI is InChI=1S/C5H4N2O/c8-4-5-3-6-1-2-7-5/h1-4H/i1D. The molecule has 0 fully saturated rings. The molecule has 1 aromatic rings. The zero-order valence-corrected chi connectivity index (χ0v) is 4.03. The minimum absolute atomic E-state index is 0.0700. The van der Waals surface area contributed by atoms with E-state index in [9.17, 15) is 4.79 Å². The van der Waals surface area contributed by atoms with Crippen LogP contribution in [-0.4, -0.2) is 16.3 Å². The van der Waals surface area contributed by atoms with E-state index in [2.05, 4.69) is 9.97 Å². The molecule has 0 saturated carbocycles. The summed E-state index contributed by atoms with van der Waals surface area (Å²) in [6.07, 6.45) is 3.14. The van der Waals surface area contributed by atoms with Gasteiger partial charge in [0.25, 0.3) is 0 Å². The first kappa shape index (κ1) is 3.72. The van der Waals surface area contributed by atoms with Crippen LogP contribution in [0.4, 0.5) is 0 Å². The Balaban J connectivity index is 3.01. The molecular formula is C5H4N2O. The average molecular weight is 109 g/mol. The lowest BCUT2D eigenvalue weighted by Crippen LogP contribution is -1.84. The first-order valence-corrected chi connectivity index (χ1v) is 2.07. The van der Waals surface area contributed by atoms with Crippen molar-refractivity contribution >= 4 is 6.29 Å². The Morgan fingerprint density at radius 3 is 3.25 bits per heavy atom. The van der Waals surface area contributed by atoms with E-state index >= 15 is 0 Å². The Kier molecular flexibility index (Phi) is 1.00. The zero-order valence-electron chi connectivity index (χ0n) is 5.03. The van der Waals surface area contributed by atoms with Gasteiger partial charge >= 0.3 is 0 Å². The Labute approximate surface area is 47.8 Å². The van der Waals surface area contributed by atoms with E-state index in [0.717, 1.165) is 0 Å². The van der Waals surface area contributed by atoms with Crippen LogP contribution in [0.25, 0.3) is 0 Å². The average Bonchev–Trinajstić information content (AvgIpc) is 1.90. The van der Waals surface area contributed by atoms with E-state index in [1.54, 1.807) is 0 Å². The maximum atomic E-state index is 9.95. The quantitative estimate of drug-likeness (QED) is 0.487. The van der Waals surface area contributed by atoms with E-state index in [-0.39, 0.29) is 11.9 Å². The van der Waals surface area contributed by atoms with Crippen molar-refractivity contribution in [3.8, 4) is 0 Å². The van der Waals surface area contributed by atoms with E-state index < -0.39 is 0 Å². The van der Waals surface area contributed by atoms with Crippen LogP contribution in [0, 0.1) is 0 Å². The molecule has 0 saturated heterocycles. The lowest BCUT2D eigenvalue weighted by Gasteiger charge is -1.80. The number of nitrogens with zero attached hydrogens (tertiary/aromatic N) is 2. The van der Waals surface area contributed by atoms with E-state index in [1.807, 2.05) is 0 Å². The molecule has 0 unspecified atom stereocenters. The molecule has 0 aliphatic rings. The highest BCUT2D eigenvalue weighted by Crippen LogP contribution is 1.80. The molecule has 0 aliphatic heterocycles. The third-order valence-electron chi connectivity index (χ3n) is 0.663. The lowest BCUT2D eigenvalue weighted by atomic mass is 10.5. The van der Waals surface area contributed by atoms with Gasteiger partial charge in [0.1, 0.15) is 5.69 Å². The van der Waals surface area contributed by atoms with Crippen molar-refractivity contribution in [3.05, 3.63) is 24.3 Å². The molecule has 0 bridgehead atoms. The molecule has 0 atom stereocenters. The van der Waals surface area contributed by atoms with Crippen molar-refractivity contribution in [3.63, 3.8) is 0 Å². The second-order valence-electron chi connectivity index (χ2n) is 1.19. The summed E-state index contributed by atoms with van der Waals surface area (Å²) < 4.78 is 6.88. The molecule has 8 heavy (non-hydrogen) atoms. The maximum Gasteiger partial charge on any atom is 0.170 e. The number of aldehydes is 1. The molecular weight excluding hydrogens is 104 g/mol. The highest BCUT2D eigenvalue weighted by molar-refractivity contribution is 5.70. The van der Waals surface area contributed by atoms with Crippen LogP contribution in [0.15, 0.2) is 18.6 Å². The van der Waals surface area contributed by atoms with Gasteiger partial charge in [-0.2, -0.15) is 0 Å². The number of hydrogen-bond acceptors (Lipinski definition) is 3. The fourth-order valence-electron chi connectivity index (χ4n) is 0.334. The van der Waals surface area contributed by atoms with Crippen LogP contribution in [0.2, 0.25) is 0 Å². The first-order chi connectivity index (χ1) is 4.33. The topological polar surface area (TPSA) is 42.9 Å². The largest absolute Gasteiger partial charge is 0.296 e. The molecule has 0 spiro atoms. The summed E-state index contributed by atoms with van der Waals surface area (Å²) in [5.41, 5.74) is 0.256. The molecule has 1 aromatic heterocycles. The molecule has 0 N–H and O–H groups in total. The molecule has 0 amide bonds. The minimum Gasteiger partial charge on any atom is -0.296 e. The Bertz CT molecular complexity index is 209. The summed E-state index contributed by atoms with van der Waals surface area (Å²) >= 11 is 0. The van der Waals surface area contributed by atoms with Crippen LogP contribution >= 0.6 is 0 Å². The summed E-state index contributed by atoms with van der Waals surface area (Å²) in [6.45, 7) is 0. The van der Waals surface area contributed by atoms with Crippen LogP contribution in [0.3, 0.4) is 0 Å². The zero-order chi connectivity index (χ0) is 6.69. The summed E-state index contributed by atoms with van der Waals surface area (Å²) in [5.74, 6) is 0. The van der Waals surface area contributed by atoms with Crippen molar-refractivity contribution in [2.45, 2.75) is 0 Å². The molecule has 1 rings (SSSR count). The third-order valence-corrected chi connectivity index (χ3v) is 0.663. The van der Waals surface area contributed by atoms with Crippen LogP contribution in [0.5, 0.6) is 0 Å². The number of carbonyl (C=O) groups is 1. The molecule has 3 nitrogen and oxygen atoms in total. The number of hydrogen-bond donors (Lipinski definition) is 0. The van der Waals surface area contributed by atoms with Gasteiger partial charge in [-0.25, -0.2) is 0 Å². The lowest BCUT2D eigenvalue weighted by molar-refractivity contribution is 0.111. The summed E-state index contributed by atoms with van der Waals surface area (Å²) in [7, 11) is 0. The fraction of sp³-hybridized carbons (Fsp3) is 0. The van der Waals surface area contributed by atoms with Gasteiger partial charge in [0.15, 0.2) is 6.29 Å². The van der Waals surface area contributed by atoms with Crippen LogP contribution < -0.4 is 0 Å². The highest BCUT2D eigenvalue weighted by atomic mass is 16.1. The van der Waals surface area contributed by atoms with Gasteiger partial charge in [-0.15, -0.1) is 0 Å². The number of carbonyl (C=O) groups excluding carboxylic acids is 1. The second kappa shape index (κ2) is 2.16. The molecule has 0 aliphatic carbocycles. The van der Waals surface area contributed by atoms with Crippen LogP contribution in [0.1, 0.15) is 11.9 Å². The maximum absolute atomic E-state index is 9.95. The SMILES string of the molecule is [2H]c1cnc(C=O)cn1. The van der Waals surface area contributed by atoms with Crippen LogP contribution in [-0.2, 0) is 0 Å². The smallest absolute Gasteiger partial charge is 0.170 e. The third kappa shape index (κ3) is 0.872. The Hall–Kier alpha value is -1.25. The Morgan fingerprint density at radius 2 is 2.75 bits per heavy atom. The molecule has 0 radical (unpaired) electrons. The summed E-state index contributed by atoms with van der Waals surface area (Å²) in [4.78, 5) is 17.1. The second-order valence-corrected chi connectivity index (χ2v) is 1.19. The van der Waals surface area contributed by atoms with Crippen molar-refractivity contribution in [2.75, 3.05) is 0 Å². The highest BCUT2D eigenvalue weighted by Gasteiger charge is 1.83. The first-order valence-electron chi connectivity index (χ1n) is 2.57.